The van der Waals surface area contributed by atoms with E-state index < -0.39 is 0 Å². The summed E-state index contributed by atoms with van der Waals surface area (Å²) >= 11 is 0. The number of anilines is 3. The molecule has 4 aromatic rings. The Morgan fingerprint density at radius 3 is 2.73 bits per heavy atom. The van der Waals surface area contributed by atoms with E-state index in [1.807, 2.05) is 25.1 Å². The number of aryl methyl sites for hydroxylation is 2. The number of H-pyrrole nitrogens is 1. The zero-order chi connectivity index (χ0) is 22.9. The zero-order valence-corrected chi connectivity index (χ0v) is 18.9. The van der Waals surface area contributed by atoms with Crippen LogP contribution in [0.15, 0.2) is 53.7 Å². The molecular weight excluding hydrogens is 416 g/mol. The Labute approximate surface area is 191 Å². The van der Waals surface area contributed by atoms with Crippen molar-refractivity contribution in [1.29, 1.82) is 0 Å². The van der Waals surface area contributed by atoms with Crippen LogP contribution in [0, 0.1) is 13.8 Å². The lowest BCUT2D eigenvalue weighted by Gasteiger charge is -2.34. The number of benzene rings is 1. The monoisotopic (exact) mass is 442 g/mol. The predicted octanol–water partition coefficient (Wildman–Crippen LogP) is 3.97. The largest absolute Gasteiger partial charge is 0.375 e. The number of aromatic amines is 1. The van der Waals surface area contributed by atoms with E-state index in [2.05, 4.69) is 51.1 Å². The number of nitrogens with one attached hydrogen (secondary N) is 2. The molecule has 2 N–H and O–H groups in total. The fraction of sp³-hybridized carbons (Fsp3) is 0.280. The smallest absolute Gasteiger partial charge is 0.259 e. The van der Waals surface area contributed by atoms with Gasteiger partial charge in [0.15, 0.2) is 0 Å². The van der Waals surface area contributed by atoms with Gasteiger partial charge in [0.25, 0.3) is 5.56 Å². The van der Waals surface area contributed by atoms with Crippen LogP contribution in [0.1, 0.15) is 18.3 Å². The van der Waals surface area contributed by atoms with Gasteiger partial charge in [-0.2, -0.15) is 0 Å². The Balaban J connectivity index is 1.53. The molecule has 168 valence electrons. The number of hydrogen-bond acceptors (Lipinski definition) is 7. The van der Waals surface area contributed by atoms with Gasteiger partial charge in [0.05, 0.1) is 23.8 Å². The molecule has 0 unspecified atom stereocenters. The van der Waals surface area contributed by atoms with Crippen LogP contribution in [0.2, 0.25) is 0 Å². The van der Waals surface area contributed by atoms with Crippen LogP contribution in [-0.2, 0) is 4.74 Å². The van der Waals surface area contributed by atoms with Gasteiger partial charge < -0.3 is 19.9 Å². The normalized spacial score (nSPS) is 16.2. The van der Waals surface area contributed by atoms with Crippen LogP contribution in [0.5, 0.6) is 0 Å². The molecule has 1 aliphatic heterocycles. The first-order valence-electron chi connectivity index (χ1n) is 11.0. The van der Waals surface area contributed by atoms with Crippen LogP contribution >= 0.6 is 0 Å². The molecule has 0 saturated carbocycles. The summed E-state index contributed by atoms with van der Waals surface area (Å²) in [4.78, 5) is 31.1. The molecule has 8 nitrogen and oxygen atoms in total. The highest BCUT2D eigenvalue weighted by Crippen LogP contribution is 2.30. The topological polar surface area (TPSA) is 96.0 Å². The van der Waals surface area contributed by atoms with Crippen molar-refractivity contribution in [3.8, 4) is 11.3 Å². The highest BCUT2D eigenvalue weighted by molar-refractivity contribution is 5.95. The molecule has 1 fully saturated rings. The molecule has 0 amide bonds. The third-order valence-electron chi connectivity index (χ3n) is 5.87. The Bertz CT molecular complexity index is 1370. The van der Waals surface area contributed by atoms with Crippen LogP contribution in [0.4, 0.5) is 17.2 Å². The minimum atomic E-state index is -0.190. The van der Waals surface area contributed by atoms with E-state index in [-0.39, 0.29) is 11.7 Å². The third-order valence-corrected chi connectivity index (χ3v) is 5.87. The molecule has 33 heavy (non-hydrogen) atoms. The molecular formula is C25H26N6O2. The van der Waals surface area contributed by atoms with Gasteiger partial charge in [-0.25, -0.2) is 15.0 Å². The molecule has 5 rings (SSSR count). The lowest BCUT2D eigenvalue weighted by atomic mass is 10.1. The molecule has 4 heterocycles. The van der Waals surface area contributed by atoms with Gasteiger partial charge in [-0.05, 0) is 62.1 Å². The minimum absolute atomic E-state index is 0.190. The zero-order valence-electron chi connectivity index (χ0n) is 18.9. The van der Waals surface area contributed by atoms with Crippen molar-refractivity contribution in [2.45, 2.75) is 26.9 Å². The summed E-state index contributed by atoms with van der Waals surface area (Å²) in [6, 6.07) is 9.98. The van der Waals surface area contributed by atoms with Crippen molar-refractivity contribution >= 4 is 28.0 Å². The van der Waals surface area contributed by atoms with Crippen molar-refractivity contribution < 1.29 is 4.74 Å². The number of rotatable bonds is 4. The second-order valence-electron chi connectivity index (χ2n) is 8.40. The maximum atomic E-state index is 12.7. The number of fused-ring (bicyclic) bond motifs is 1. The predicted molar refractivity (Wildman–Crippen MR) is 130 cm³/mol. The summed E-state index contributed by atoms with van der Waals surface area (Å²) in [5, 5.41) is 4.68. The van der Waals surface area contributed by atoms with Gasteiger partial charge in [0.1, 0.15) is 11.6 Å². The maximum Gasteiger partial charge on any atom is 0.259 e. The number of ether oxygens (including phenoxy) is 1. The van der Waals surface area contributed by atoms with Crippen LogP contribution in [-0.4, -0.2) is 45.7 Å². The first-order chi connectivity index (χ1) is 16.0. The van der Waals surface area contributed by atoms with Crippen LogP contribution in [0.25, 0.3) is 22.0 Å². The third kappa shape index (κ3) is 4.29. The second kappa shape index (κ2) is 8.63. The summed E-state index contributed by atoms with van der Waals surface area (Å²) < 4.78 is 5.67. The second-order valence-corrected chi connectivity index (χ2v) is 8.40. The van der Waals surface area contributed by atoms with E-state index in [1.54, 1.807) is 18.6 Å². The number of hydrogen-bond donors (Lipinski definition) is 2. The molecule has 1 aromatic carbocycles. The van der Waals surface area contributed by atoms with Gasteiger partial charge in [-0.3, -0.25) is 4.79 Å². The molecule has 1 saturated heterocycles. The molecule has 1 aliphatic rings. The van der Waals surface area contributed by atoms with E-state index >= 15 is 0 Å². The first kappa shape index (κ1) is 21.1. The SMILES string of the molecule is Cc1ncc(-c2cc3cc[nH]c(=O)c3c(Nc3ccc(N4CCO[C@H](C)C4)c(C)c3)n2)cn1. The Hall–Kier alpha value is -3.78. The average Bonchev–Trinajstić information content (AvgIpc) is 2.79. The van der Waals surface area contributed by atoms with Gasteiger partial charge in [-0.15, -0.1) is 0 Å². The van der Waals surface area contributed by atoms with Crippen LogP contribution in [0.3, 0.4) is 0 Å². The molecule has 3 aromatic heterocycles. The van der Waals surface area contributed by atoms with Crippen molar-refractivity contribution in [3.05, 3.63) is 70.7 Å². The Morgan fingerprint density at radius 1 is 1.15 bits per heavy atom. The standard InChI is InChI=1S/C25H26N6O2/c1-15-10-20(4-5-22(15)31-8-9-33-16(2)14-31)29-24-23-18(6-7-26-25(23)32)11-21(30-24)19-12-27-17(3)28-13-19/h4-7,10-13,16H,8-9,14H2,1-3H3,(H,26,32)(H,29,30)/t16-/m1/s1. The summed E-state index contributed by atoms with van der Waals surface area (Å²) in [7, 11) is 0. The van der Waals surface area contributed by atoms with E-state index in [9.17, 15) is 4.79 Å². The van der Waals surface area contributed by atoms with Crippen molar-refractivity contribution in [3.63, 3.8) is 0 Å². The van der Waals surface area contributed by atoms with E-state index in [0.29, 0.717) is 22.7 Å². The van der Waals surface area contributed by atoms with E-state index in [0.717, 1.165) is 41.9 Å². The van der Waals surface area contributed by atoms with Crippen molar-refractivity contribution in [1.82, 2.24) is 19.9 Å². The van der Waals surface area contributed by atoms with Crippen molar-refractivity contribution in [2.24, 2.45) is 0 Å². The highest BCUT2D eigenvalue weighted by atomic mass is 16.5. The molecule has 0 bridgehead atoms. The number of nitrogens with zero attached hydrogens (tertiary/aromatic N) is 4. The van der Waals surface area contributed by atoms with Crippen molar-refractivity contribution in [2.75, 3.05) is 29.9 Å². The fourth-order valence-corrected chi connectivity index (χ4v) is 4.24. The molecule has 1 atom stereocenters. The Kier molecular flexibility index (Phi) is 5.51. The quantitative estimate of drug-likeness (QED) is 0.494. The van der Waals surface area contributed by atoms with Gasteiger partial charge in [0, 0.05) is 48.6 Å². The fourth-order valence-electron chi connectivity index (χ4n) is 4.24. The highest BCUT2D eigenvalue weighted by Gasteiger charge is 2.19. The van der Waals surface area contributed by atoms with E-state index in [4.69, 9.17) is 9.72 Å². The summed E-state index contributed by atoms with van der Waals surface area (Å²) in [5.74, 6) is 1.19. The van der Waals surface area contributed by atoms with Gasteiger partial charge in [0.2, 0.25) is 0 Å². The van der Waals surface area contributed by atoms with Gasteiger partial charge >= 0.3 is 0 Å². The lowest BCUT2D eigenvalue weighted by molar-refractivity contribution is 0.0532. The lowest BCUT2D eigenvalue weighted by Crippen LogP contribution is -2.41. The average molecular weight is 443 g/mol. The van der Waals surface area contributed by atoms with Crippen LogP contribution < -0.4 is 15.8 Å². The molecule has 0 spiro atoms. The number of aromatic nitrogens is 4. The van der Waals surface area contributed by atoms with Gasteiger partial charge in [-0.1, -0.05) is 0 Å². The maximum absolute atomic E-state index is 12.7. The van der Waals surface area contributed by atoms with E-state index in [1.165, 1.54) is 5.69 Å². The first-order valence-corrected chi connectivity index (χ1v) is 11.0. The molecule has 0 radical (unpaired) electrons. The Morgan fingerprint density at radius 2 is 1.97 bits per heavy atom. The minimum Gasteiger partial charge on any atom is -0.375 e. The number of morpholine rings is 1. The summed E-state index contributed by atoms with van der Waals surface area (Å²) in [5.41, 5.74) is 4.51. The molecule has 0 aliphatic carbocycles. The summed E-state index contributed by atoms with van der Waals surface area (Å²) in [6.07, 6.45) is 5.35. The number of pyridine rings is 2. The summed E-state index contributed by atoms with van der Waals surface area (Å²) in [6.45, 7) is 8.51. The molecule has 8 heteroatoms.